The number of imidazole rings is 1. The summed E-state index contributed by atoms with van der Waals surface area (Å²) >= 11 is 0. The van der Waals surface area contributed by atoms with E-state index in [0.29, 0.717) is 49.0 Å². The van der Waals surface area contributed by atoms with Crippen molar-refractivity contribution >= 4 is 11.8 Å². The van der Waals surface area contributed by atoms with Crippen molar-refractivity contribution in [1.29, 1.82) is 0 Å². The Morgan fingerprint density at radius 3 is 2.66 bits per heavy atom. The number of aliphatic hydroxyl groups excluding tert-OH is 1. The number of carbonyl (C=O) groups excluding carboxylic acids is 2. The minimum Gasteiger partial charge on any atom is -0.491 e. The predicted octanol–water partition coefficient (Wildman–Crippen LogP) is 1.19. The summed E-state index contributed by atoms with van der Waals surface area (Å²) in [5.41, 5.74) is 6.83. The Morgan fingerprint density at radius 2 is 2.06 bits per heavy atom. The van der Waals surface area contributed by atoms with E-state index in [0.717, 1.165) is 5.76 Å². The van der Waals surface area contributed by atoms with E-state index < -0.39 is 12.0 Å². The van der Waals surface area contributed by atoms with Gasteiger partial charge >= 0.3 is 0 Å². The third-order valence-corrected chi connectivity index (χ3v) is 5.23. The summed E-state index contributed by atoms with van der Waals surface area (Å²) in [6.07, 6.45) is 0.857. The summed E-state index contributed by atoms with van der Waals surface area (Å²) in [5.74, 6) is 6.27. The lowest BCUT2D eigenvalue weighted by molar-refractivity contribution is 0.0679. The fourth-order valence-electron chi connectivity index (χ4n) is 3.61. The van der Waals surface area contributed by atoms with Gasteiger partial charge in [-0.2, -0.15) is 0 Å². The zero-order chi connectivity index (χ0) is 24.9. The number of aliphatic hydroxyl groups is 1. The van der Waals surface area contributed by atoms with E-state index in [2.05, 4.69) is 26.5 Å². The SMILES string of the molecule is CC(O)C#Cc1ccc2c(c1)-c1nc(C(N)=O)c(C(=O)N3CCOC3)n1CCO2.Cc1ccno1. The number of ether oxygens (including phenoxy) is 2. The van der Waals surface area contributed by atoms with Gasteiger partial charge in [-0.15, -0.1) is 0 Å². The first kappa shape index (κ1) is 24.0. The summed E-state index contributed by atoms with van der Waals surface area (Å²) in [6.45, 7) is 5.08. The van der Waals surface area contributed by atoms with Crippen LogP contribution in [0.1, 0.15) is 39.2 Å². The topological polar surface area (TPSA) is 146 Å². The number of nitrogens with two attached hydrogens (primary N) is 1. The largest absolute Gasteiger partial charge is 0.491 e. The van der Waals surface area contributed by atoms with Crippen LogP contribution < -0.4 is 10.5 Å². The van der Waals surface area contributed by atoms with E-state index in [-0.39, 0.29) is 24.0 Å². The molecule has 2 aliphatic rings. The van der Waals surface area contributed by atoms with Crippen molar-refractivity contribution < 1.29 is 28.7 Å². The molecule has 3 aromatic rings. The number of fused-ring (bicyclic) bond motifs is 3. The quantitative estimate of drug-likeness (QED) is 0.521. The second-order valence-electron chi connectivity index (χ2n) is 7.88. The summed E-state index contributed by atoms with van der Waals surface area (Å²) in [6, 6.07) is 7.09. The predicted molar refractivity (Wildman–Crippen MR) is 123 cm³/mol. The number of aromatic nitrogens is 3. The highest BCUT2D eigenvalue weighted by Crippen LogP contribution is 2.34. The smallest absolute Gasteiger partial charge is 0.274 e. The van der Waals surface area contributed by atoms with Gasteiger partial charge in [-0.05, 0) is 32.0 Å². The minimum absolute atomic E-state index is 0.0785. The molecule has 5 rings (SSSR count). The van der Waals surface area contributed by atoms with Gasteiger partial charge in [-0.3, -0.25) is 9.59 Å². The Kier molecular flexibility index (Phi) is 7.14. The highest BCUT2D eigenvalue weighted by Gasteiger charge is 2.33. The van der Waals surface area contributed by atoms with Crippen LogP contribution in [-0.4, -0.2) is 69.1 Å². The third-order valence-electron chi connectivity index (χ3n) is 5.23. The highest BCUT2D eigenvalue weighted by molar-refractivity contribution is 6.05. The van der Waals surface area contributed by atoms with Crippen molar-refractivity contribution in [2.45, 2.75) is 26.5 Å². The number of primary amides is 1. The number of rotatable bonds is 2. The van der Waals surface area contributed by atoms with Crippen molar-refractivity contribution in [1.82, 2.24) is 19.6 Å². The second kappa shape index (κ2) is 10.4. The molecule has 0 saturated carbocycles. The molecule has 0 bridgehead atoms. The molecule has 0 aliphatic carbocycles. The number of amides is 2. The van der Waals surface area contributed by atoms with Crippen LogP contribution >= 0.6 is 0 Å². The number of hydrogen-bond donors (Lipinski definition) is 2. The molecule has 3 N–H and O–H groups in total. The van der Waals surface area contributed by atoms with Gasteiger partial charge < -0.3 is 34.3 Å². The van der Waals surface area contributed by atoms with E-state index in [4.69, 9.17) is 15.2 Å². The Morgan fingerprint density at radius 1 is 1.23 bits per heavy atom. The zero-order valence-corrected chi connectivity index (χ0v) is 19.4. The van der Waals surface area contributed by atoms with Crippen molar-refractivity contribution in [3.05, 3.63) is 53.2 Å². The maximum Gasteiger partial charge on any atom is 0.274 e. The molecule has 182 valence electrons. The van der Waals surface area contributed by atoms with Gasteiger partial charge in [0.2, 0.25) is 0 Å². The van der Waals surface area contributed by atoms with Crippen LogP contribution in [0.2, 0.25) is 0 Å². The molecular formula is C24H25N5O6. The summed E-state index contributed by atoms with van der Waals surface area (Å²) < 4.78 is 17.3. The van der Waals surface area contributed by atoms with Crippen LogP contribution in [0.3, 0.4) is 0 Å². The number of benzene rings is 1. The van der Waals surface area contributed by atoms with Crippen LogP contribution in [0.25, 0.3) is 11.4 Å². The molecule has 2 aliphatic heterocycles. The Labute approximate surface area is 201 Å². The van der Waals surface area contributed by atoms with Gasteiger partial charge in [-0.25, -0.2) is 4.98 Å². The minimum atomic E-state index is -0.776. The standard InChI is InChI=1S/C20H20N4O5.C4H5NO/c1-12(25)2-3-13-4-5-15-14(10-13)19-22-16(18(21)26)17(24(19)7-9-29-15)20(27)23-6-8-28-11-23;1-4-2-3-5-6-4/h4-5,10,12,25H,6-9,11H2,1H3,(H2,21,26);2-3H,1H3. The number of hydrogen-bond acceptors (Lipinski definition) is 8. The molecule has 4 heterocycles. The van der Waals surface area contributed by atoms with Crippen molar-refractivity contribution in [2.75, 3.05) is 26.5 Å². The van der Waals surface area contributed by atoms with Crippen LogP contribution in [0.4, 0.5) is 0 Å². The summed E-state index contributed by atoms with van der Waals surface area (Å²) in [4.78, 5) is 31.0. The van der Waals surface area contributed by atoms with Crippen LogP contribution in [0.15, 0.2) is 35.0 Å². The summed E-state index contributed by atoms with van der Waals surface area (Å²) in [7, 11) is 0. The van der Waals surface area contributed by atoms with Crippen LogP contribution in [-0.2, 0) is 11.3 Å². The molecule has 0 spiro atoms. The van der Waals surface area contributed by atoms with Gasteiger partial charge in [0.25, 0.3) is 11.8 Å². The molecule has 1 atom stereocenters. The Balaban J connectivity index is 0.000000421. The van der Waals surface area contributed by atoms with E-state index in [1.165, 1.54) is 4.90 Å². The van der Waals surface area contributed by atoms with Crippen molar-refractivity contribution in [3.63, 3.8) is 0 Å². The molecule has 2 aromatic heterocycles. The molecule has 0 radical (unpaired) electrons. The van der Waals surface area contributed by atoms with Crippen LogP contribution in [0, 0.1) is 18.8 Å². The first-order chi connectivity index (χ1) is 16.8. The lowest BCUT2D eigenvalue weighted by Gasteiger charge is -2.15. The second-order valence-corrected chi connectivity index (χ2v) is 7.88. The molecule has 1 saturated heterocycles. The first-order valence-corrected chi connectivity index (χ1v) is 11.0. The Bertz CT molecular complexity index is 1280. The average Bonchev–Trinajstić information content (AvgIpc) is 3.58. The molecule has 1 unspecified atom stereocenters. The van der Waals surface area contributed by atoms with Gasteiger partial charge in [0.05, 0.1) is 24.9 Å². The van der Waals surface area contributed by atoms with E-state index >= 15 is 0 Å². The van der Waals surface area contributed by atoms with E-state index in [9.17, 15) is 14.7 Å². The Hall–Kier alpha value is -4.14. The fourth-order valence-corrected chi connectivity index (χ4v) is 3.61. The molecule has 2 amide bonds. The van der Waals surface area contributed by atoms with Crippen LogP contribution in [0.5, 0.6) is 5.75 Å². The van der Waals surface area contributed by atoms with Gasteiger partial charge in [0, 0.05) is 18.2 Å². The third kappa shape index (κ3) is 5.34. The molecule has 35 heavy (non-hydrogen) atoms. The van der Waals surface area contributed by atoms with Gasteiger partial charge in [0.1, 0.15) is 42.5 Å². The molecular weight excluding hydrogens is 454 g/mol. The zero-order valence-electron chi connectivity index (χ0n) is 19.4. The van der Waals surface area contributed by atoms with Gasteiger partial charge in [0.15, 0.2) is 5.69 Å². The average molecular weight is 479 g/mol. The maximum atomic E-state index is 13.1. The number of nitrogens with zero attached hydrogens (tertiary/aromatic N) is 4. The first-order valence-electron chi connectivity index (χ1n) is 11.0. The molecule has 11 nitrogen and oxygen atoms in total. The molecule has 11 heteroatoms. The lowest BCUT2D eigenvalue weighted by Crippen LogP contribution is -2.32. The van der Waals surface area contributed by atoms with Crippen molar-refractivity contribution in [3.8, 4) is 29.0 Å². The highest BCUT2D eigenvalue weighted by atomic mass is 16.5. The van der Waals surface area contributed by atoms with Gasteiger partial charge in [-0.1, -0.05) is 17.0 Å². The number of aryl methyl sites for hydroxylation is 1. The summed E-state index contributed by atoms with van der Waals surface area (Å²) in [5, 5.41) is 12.8. The fraction of sp³-hybridized carbons (Fsp3) is 0.333. The maximum absolute atomic E-state index is 13.1. The molecule has 1 fully saturated rings. The van der Waals surface area contributed by atoms with E-state index in [1.54, 1.807) is 42.0 Å². The van der Waals surface area contributed by atoms with E-state index in [1.807, 2.05) is 6.92 Å². The normalized spacial score (nSPS) is 14.8. The number of carbonyl (C=O) groups is 2. The lowest BCUT2D eigenvalue weighted by atomic mass is 10.1. The van der Waals surface area contributed by atoms with Crippen molar-refractivity contribution in [2.24, 2.45) is 5.73 Å². The monoisotopic (exact) mass is 479 g/mol. The molecule has 1 aromatic carbocycles.